The standard InChI is InChI=1S/C13H19NO/c1-4-14-9-13(15)8-12-6-10(2)5-11(3)7-12/h5-7,14H,4,8-9H2,1-3H3. The molecule has 0 aliphatic heterocycles. The zero-order valence-electron chi connectivity index (χ0n) is 9.76. The Balaban J connectivity index is 2.60. The molecule has 0 bridgehead atoms. The highest BCUT2D eigenvalue weighted by molar-refractivity contribution is 5.82. The van der Waals surface area contributed by atoms with Gasteiger partial charge in [-0.3, -0.25) is 4.79 Å². The summed E-state index contributed by atoms with van der Waals surface area (Å²) in [5.41, 5.74) is 3.57. The van der Waals surface area contributed by atoms with E-state index >= 15 is 0 Å². The van der Waals surface area contributed by atoms with Crippen molar-refractivity contribution < 1.29 is 4.79 Å². The molecule has 0 saturated heterocycles. The van der Waals surface area contributed by atoms with E-state index in [1.807, 2.05) is 6.92 Å². The fourth-order valence-electron chi connectivity index (χ4n) is 1.73. The highest BCUT2D eigenvalue weighted by Gasteiger charge is 2.03. The Kier molecular flexibility index (Phi) is 4.50. The van der Waals surface area contributed by atoms with Gasteiger partial charge in [-0.25, -0.2) is 0 Å². The van der Waals surface area contributed by atoms with Gasteiger partial charge in [-0.05, 0) is 26.0 Å². The third-order valence-electron chi connectivity index (χ3n) is 2.25. The third-order valence-corrected chi connectivity index (χ3v) is 2.25. The zero-order valence-corrected chi connectivity index (χ0v) is 9.76. The SMILES string of the molecule is CCNCC(=O)Cc1cc(C)cc(C)c1. The molecule has 15 heavy (non-hydrogen) atoms. The highest BCUT2D eigenvalue weighted by atomic mass is 16.1. The summed E-state index contributed by atoms with van der Waals surface area (Å²) in [5.74, 6) is 0.252. The molecule has 1 N–H and O–H groups in total. The molecule has 1 aromatic carbocycles. The van der Waals surface area contributed by atoms with E-state index < -0.39 is 0 Å². The molecule has 0 aliphatic rings. The summed E-state index contributed by atoms with van der Waals surface area (Å²) in [4.78, 5) is 11.5. The first-order valence-corrected chi connectivity index (χ1v) is 5.41. The largest absolute Gasteiger partial charge is 0.310 e. The first kappa shape index (κ1) is 11.9. The molecule has 0 spiro atoms. The van der Waals surface area contributed by atoms with Crippen LogP contribution in [0.5, 0.6) is 0 Å². The van der Waals surface area contributed by atoms with E-state index in [2.05, 4.69) is 37.4 Å². The number of hydrogen-bond acceptors (Lipinski definition) is 2. The lowest BCUT2D eigenvalue weighted by atomic mass is 10.0. The van der Waals surface area contributed by atoms with E-state index in [9.17, 15) is 4.79 Å². The van der Waals surface area contributed by atoms with Crippen molar-refractivity contribution in [3.05, 3.63) is 34.9 Å². The minimum Gasteiger partial charge on any atom is -0.310 e. The minimum atomic E-state index is 0.252. The van der Waals surface area contributed by atoms with Crippen LogP contribution in [0.3, 0.4) is 0 Å². The van der Waals surface area contributed by atoms with Gasteiger partial charge in [0, 0.05) is 6.42 Å². The van der Waals surface area contributed by atoms with Crippen molar-refractivity contribution in [2.75, 3.05) is 13.1 Å². The Bertz CT molecular complexity index is 324. The summed E-state index contributed by atoms with van der Waals surface area (Å²) in [7, 11) is 0. The van der Waals surface area contributed by atoms with Crippen molar-refractivity contribution in [3.63, 3.8) is 0 Å². The summed E-state index contributed by atoms with van der Waals surface area (Å²) in [6.45, 7) is 7.45. The van der Waals surface area contributed by atoms with Crippen LogP contribution < -0.4 is 5.32 Å². The van der Waals surface area contributed by atoms with Crippen molar-refractivity contribution in [2.45, 2.75) is 27.2 Å². The van der Waals surface area contributed by atoms with Gasteiger partial charge >= 0.3 is 0 Å². The van der Waals surface area contributed by atoms with Crippen molar-refractivity contribution in [1.29, 1.82) is 0 Å². The molecule has 2 nitrogen and oxygen atoms in total. The van der Waals surface area contributed by atoms with E-state index in [0.717, 1.165) is 12.1 Å². The van der Waals surface area contributed by atoms with Crippen LogP contribution in [0.4, 0.5) is 0 Å². The van der Waals surface area contributed by atoms with E-state index in [1.165, 1.54) is 11.1 Å². The number of benzene rings is 1. The topological polar surface area (TPSA) is 29.1 Å². The second-order valence-electron chi connectivity index (χ2n) is 3.99. The minimum absolute atomic E-state index is 0.252. The van der Waals surface area contributed by atoms with Crippen LogP contribution in [0.15, 0.2) is 18.2 Å². The first-order valence-electron chi connectivity index (χ1n) is 5.41. The smallest absolute Gasteiger partial charge is 0.150 e. The van der Waals surface area contributed by atoms with Gasteiger partial charge in [-0.2, -0.15) is 0 Å². The summed E-state index contributed by atoms with van der Waals surface area (Å²) < 4.78 is 0. The Morgan fingerprint density at radius 3 is 2.33 bits per heavy atom. The summed E-state index contributed by atoms with van der Waals surface area (Å²) in [6, 6.07) is 6.28. The van der Waals surface area contributed by atoms with Gasteiger partial charge in [0.15, 0.2) is 5.78 Å². The lowest BCUT2D eigenvalue weighted by Crippen LogP contribution is -2.23. The van der Waals surface area contributed by atoms with E-state index in [4.69, 9.17) is 0 Å². The van der Waals surface area contributed by atoms with E-state index in [0.29, 0.717) is 13.0 Å². The molecule has 82 valence electrons. The molecule has 0 radical (unpaired) electrons. The van der Waals surface area contributed by atoms with Gasteiger partial charge in [0.1, 0.15) is 0 Å². The Labute approximate surface area is 91.7 Å². The summed E-state index contributed by atoms with van der Waals surface area (Å²) >= 11 is 0. The van der Waals surface area contributed by atoms with Crippen molar-refractivity contribution in [3.8, 4) is 0 Å². The van der Waals surface area contributed by atoms with Gasteiger partial charge in [0.2, 0.25) is 0 Å². The molecule has 1 rings (SSSR count). The molecular formula is C13H19NO. The van der Waals surface area contributed by atoms with Crippen molar-refractivity contribution in [1.82, 2.24) is 5.32 Å². The van der Waals surface area contributed by atoms with Gasteiger partial charge in [-0.15, -0.1) is 0 Å². The number of carbonyl (C=O) groups is 1. The van der Waals surface area contributed by atoms with Crippen LogP contribution in [0.2, 0.25) is 0 Å². The van der Waals surface area contributed by atoms with Gasteiger partial charge in [-0.1, -0.05) is 36.2 Å². The fourth-order valence-corrected chi connectivity index (χ4v) is 1.73. The van der Waals surface area contributed by atoms with Crippen LogP contribution >= 0.6 is 0 Å². The number of nitrogens with one attached hydrogen (secondary N) is 1. The first-order chi connectivity index (χ1) is 7.11. The summed E-state index contributed by atoms with van der Waals surface area (Å²) in [6.07, 6.45) is 0.537. The molecule has 1 aromatic rings. The number of Topliss-reactive ketones (excluding diaryl/α,β-unsaturated/α-hetero) is 1. The number of rotatable bonds is 5. The molecule has 0 aliphatic carbocycles. The maximum absolute atomic E-state index is 11.5. The molecule has 0 atom stereocenters. The number of hydrogen-bond donors (Lipinski definition) is 1. The van der Waals surface area contributed by atoms with Gasteiger partial charge < -0.3 is 5.32 Å². The Morgan fingerprint density at radius 2 is 1.80 bits per heavy atom. The van der Waals surface area contributed by atoms with Crippen molar-refractivity contribution >= 4 is 5.78 Å². The average molecular weight is 205 g/mol. The Morgan fingerprint density at radius 1 is 1.20 bits per heavy atom. The van der Waals surface area contributed by atoms with Crippen LogP contribution in [0.25, 0.3) is 0 Å². The normalized spacial score (nSPS) is 10.3. The van der Waals surface area contributed by atoms with Crippen LogP contribution in [0.1, 0.15) is 23.6 Å². The molecular weight excluding hydrogens is 186 g/mol. The second-order valence-corrected chi connectivity index (χ2v) is 3.99. The maximum Gasteiger partial charge on any atom is 0.150 e. The van der Waals surface area contributed by atoms with Crippen LogP contribution in [-0.4, -0.2) is 18.9 Å². The quantitative estimate of drug-likeness (QED) is 0.797. The third kappa shape index (κ3) is 4.26. The number of carbonyl (C=O) groups excluding carboxylic acids is 1. The lowest BCUT2D eigenvalue weighted by Gasteiger charge is -2.04. The number of ketones is 1. The Hall–Kier alpha value is -1.15. The monoisotopic (exact) mass is 205 g/mol. The average Bonchev–Trinajstić information content (AvgIpc) is 2.13. The second kappa shape index (κ2) is 5.66. The predicted molar refractivity (Wildman–Crippen MR) is 63.2 cm³/mol. The molecule has 0 saturated carbocycles. The lowest BCUT2D eigenvalue weighted by molar-refractivity contribution is -0.117. The molecule has 0 unspecified atom stereocenters. The maximum atomic E-state index is 11.5. The van der Waals surface area contributed by atoms with E-state index in [-0.39, 0.29) is 5.78 Å². The fraction of sp³-hybridized carbons (Fsp3) is 0.462. The predicted octanol–water partition coefficient (Wildman–Crippen LogP) is 2.02. The molecule has 0 fully saturated rings. The van der Waals surface area contributed by atoms with Crippen molar-refractivity contribution in [2.24, 2.45) is 0 Å². The van der Waals surface area contributed by atoms with Gasteiger partial charge in [0.25, 0.3) is 0 Å². The number of aryl methyl sites for hydroxylation is 2. The molecule has 0 heterocycles. The van der Waals surface area contributed by atoms with Crippen LogP contribution in [-0.2, 0) is 11.2 Å². The zero-order chi connectivity index (χ0) is 11.3. The highest BCUT2D eigenvalue weighted by Crippen LogP contribution is 2.09. The number of likely N-dealkylation sites (N-methyl/N-ethyl adjacent to an activating group) is 1. The van der Waals surface area contributed by atoms with Gasteiger partial charge in [0.05, 0.1) is 6.54 Å². The molecule has 2 heteroatoms. The molecule has 0 amide bonds. The summed E-state index contributed by atoms with van der Waals surface area (Å²) in [5, 5.41) is 3.05. The molecule has 0 aromatic heterocycles. The van der Waals surface area contributed by atoms with E-state index in [1.54, 1.807) is 0 Å². The van der Waals surface area contributed by atoms with Crippen LogP contribution in [0, 0.1) is 13.8 Å².